The molecule has 7 nitrogen and oxygen atoms in total. The van der Waals surface area contributed by atoms with Crippen molar-refractivity contribution in [3.63, 3.8) is 0 Å². The predicted molar refractivity (Wildman–Crippen MR) is 104 cm³/mol. The number of carbonyl (C=O) groups excluding carboxylic acids is 3. The topological polar surface area (TPSA) is 92.2 Å². The van der Waals surface area contributed by atoms with Gasteiger partial charge in [-0.05, 0) is 23.9 Å². The molecular formula is C19H20N4O3S. The summed E-state index contributed by atoms with van der Waals surface area (Å²) in [5, 5.41) is 7.18. The van der Waals surface area contributed by atoms with Gasteiger partial charge in [0, 0.05) is 48.1 Å². The number of aromatic nitrogens is 1. The second-order valence-corrected chi connectivity index (χ2v) is 6.82. The lowest BCUT2D eigenvalue weighted by Gasteiger charge is -2.07. The van der Waals surface area contributed by atoms with Crippen LogP contribution in [0.5, 0.6) is 0 Å². The van der Waals surface area contributed by atoms with Crippen LogP contribution in [0.3, 0.4) is 0 Å². The van der Waals surface area contributed by atoms with Crippen LogP contribution in [-0.2, 0) is 11.8 Å². The summed E-state index contributed by atoms with van der Waals surface area (Å²) >= 11 is 1.45. The maximum absolute atomic E-state index is 12.3. The Morgan fingerprint density at radius 1 is 1.07 bits per heavy atom. The molecule has 0 aliphatic carbocycles. The molecule has 0 saturated carbocycles. The van der Waals surface area contributed by atoms with Crippen LogP contribution in [0.4, 0.5) is 0 Å². The molecule has 0 fully saturated rings. The minimum Gasteiger partial charge on any atom is -0.352 e. The largest absolute Gasteiger partial charge is 0.352 e. The van der Waals surface area contributed by atoms with E-state index in [-0.39, 0.29) is 24.1 Å². The summed E-state index contributed by atoms with van der Waals surface area (Å²) in [5.74, 6) is -0.833. The fraction of sp³-hybridized carbons (Fsp3) is 0.211. The molecule has 2 heterocycles. The third-order valence-electron chi connectivity index (χ3n) is 4.11. The highest BCUT2D eigenvalue weighted by Crippen LogP contribution is 2.19. The Hall–Kier alpha value is -3.13. The lowest BCUT2D eigenvalue weighted by Crippen LogP contribution is -2.41. The van der Waals surface area contributed by atoms with Crippen LogP contribution in [0.25, 0.3) is 10.9 Å². The first-order valence-corrected chi connectivity index (χ1v) is 9.44. The SMILES string of the molecule is Cn1cc(C(=O)NNC(=O)CCCNC(=O)c2ccsc2)c2ccccc21. The highest BCUT2D eigenvalue weighted by atomic mass is 32.1. The molecule has 8 heteroatoms. The summed E-state index contributed by atoms with van der Waals surface area (Å²) in [5.41, 5.74) is 6.90. The predicted octanol–water partition coefficient (Wildman–Crippen LogP) is 2.21. The van der Waals surface area contributed by atoms with Crippen molar-refractivity contribution < 1.29 is 14.4 Å². The molecule has 2 aromatic heterocycles. The lowest BCUT2D eigenvalue weighted by atomic mass is 10.2. The second-order valence-electron chi connectivity index (χ2n) is 6.04. The van der Waals surface area contributed by atoms with Crippen molar-refractivity contribution >= 4 is 40.0 Å². The zero-order chi connectivity index (χ0) is 19.2. The Bertz CT molecular complexity index is 963. The Morgan fingerprint density at radius 3 is 2.67 bits per heavy atom. The van der Waals surface area contributed by atoms with Crippen LogP contribution in [0.15, 0.2) is 47.3 Å². The molecule has 0 unspecified atom stereocenters. The first-order chi connectivity index (χ1) is 13.1. The Morgan fingerprint density at radius 2 is 1.89 bits per heavy atom. The Kier molecular flexibility index (Phi) is 5.87. The van der Waals surface area contributed by atoms with Crippen LogP contribution in [-0.4, -0.2) is 28.8 Å². The van der Waals surface area contributed by atoms with Crippen molar-refractivity contribution in [2.45, 2.75) is 12.8 Å². The normalized spacial score (nSPS) is 10.6. The van der Waals surface area contributed by atoms with Crippen LogP contribution in [0.2, 0.25) is 0 Å². The number of para-hydroxylation sites is 1. The molecule has 3 amide bonds. The third kappa shape index (κ3) is 4.53. The molecule has 0 atom stereocenters. The number of fused-ring (bicyclic) bond motifs is 1. The quantitative estimate of drug-likeness (QED) is 0.449. The zero-order valence-corrected chi connectivity index (χ0v) is 15.6. The van der Waals surface area contributed by atoms with Gasteiger partial charge in [-0.15, -0.1) is 0 Å². The average molecular weight is 384 g/mol. The van der Waals surface area contributed by atoms with Crippen molar-refractivity contribution in [1.29, 1.82) is 0 Å². The summed E-state index contributed by atoms with van der Waals surface area (Å²) < 4.78 is 1.86. The number of rotatable bonds is 6. The van der Waals surface area contributed by atoms with Crippen LogP contribution < -0.4 is 16.2 Å². The number of carbonyl (C=O) groups is 3. The molecule has 3 N–H and O–H groups in total. The summed E-state index contributed by atoms with van der Waals surface area (Å²) in [6, 6.07) is 9.30. The summed E-state index contributed by atoms with van der Waals surface area (Å²) in [4.78, 5) is 36.0. The number of hydrogen-bond donors (Lipinski definition) is 3. The van der Waals surface area contributed by atoms with E-state index in [9.17, 15) is 14.4 Å². The molecule has 0 aliphatic heterocycles. The molecule has 0 saturated heterocycles. The van der Waals surface area contributed by atoms with Crippen molar-refractivity contribution in [1.82, 2.24) is 20.7 Å². The molecule has 3 rings (SSSR count). The van der Waals surface area contributed by atoms with Crippen LogP contribution in [0, 0.1) is 0 Å². The van der Waals surface area contributed by atoms with E-state index in [1.54, 1.807) is 17.6 Å². The van der Waals surface area contributed by atoms with E-state index < -0.39 is 0 Å². The summed E-state index contributed by atoms with van der Waals surface area (Å²) in [6.07, 6.45) is 2.40. The fourth-order valence-corrected chi connectivity index (χ4v) is 3.36. The molecule has 3 aromatic rings. The smallest absolute Gasteiger partial charge is 0.271 e. The zero-order valence-electron chi connectivity index (χ0n) is 14.8. The van der Waals surface area contributed by atoms with Crippen molar-refractivity contribution in [3.05, 3.63) is 58.4 Å². The molecule has 27 heavy (non-hydrogen) atoms. The second kappa shape index (κ2) is 8.50. The maximum atomic E-state index is 12.3. The number of hydrazine groups is 1. The van der Waals surface area contributed by atoms with Gasteiger partial charge in [-0.3, -0.25) is 25.2 Å². The standard InChI is InChI=1S/C19H20N4O3S/c1-23-11-15(14-5-2-3-6-16(14)23)19(26)22-21-17(24)7-4-9-20-18(25)13-8-10-27-12-13/h2-3,5-6,8,10-12H,4,7,9H2,1H3,(H,20,25)(H,21,24)(H,22,26). The van der Waals surface area contributed by atoms with Gasteiger partial charge in [-0.1, -0.05) is 18.2 Å². The number of amides is 3. The minimum absolute atomic E-state index is 0.152. The number of aryl methyl sites for hydroxylation is 1. The number of nitrogens with zero attached hydrogens (tertiary/aromatic N) is 1. The average Bonchev–Trinajstić information content (AvgIpc) is 3.32. The summed E-state index contributed by atoms with van der Waals surface area (Å²) in [7, 11) is 1.86. The maximum Gasteiger partial charge on any atom is 0.271 e. The van der Waals surface area contributed by atoms with E-state index in [1.165, 1.54) is 11.3 Å². The van der Waals surface area contributed by atoms with Gasteiger partial charge in [0.1, 0.15) is 0 Å². The van der Waals surface area contributed by atoms with E-state index in [0.29, 0.717) is 24.1 Å². The molecular weight excluding hydrogens is 364 g/mol. The molecule has 0 radical (unpaired) electrons. The van der Waals surface area contributed by atoms with Gasteiger partial charge in [0.2, 0.25) is 5.91 Å². The molecule has 140 valence electrons. The molecule has 0 bridgehead atoms. The van der Waals surface area contributed by atoms with Gasteiger partial charge in [0.25, 0.3) is 11.8 Å². The van der Waals surface area contributed by atoms with Gasteiger partial charge in [0.05, 0.1) is 5.56 Å². The van der Waals surface area contributed by atoms with E-state index >= 15 is 0 Å². The highest BCUT2D eigenvalue weighted by Gasteiger charge is 2.14. The third-order valence-corrected chi connectivity index (χ3v) is 4.79. The lowest BCUT2D eigenvalue weighted by molar-refractivity contribution is -0.121. The van der Waals surface area contributed by atoms with E-state index in [4.69, 9.17) is 0 Å². The molecule has 1 aromatic carbocycles. The Labute approximate surface area is 160 Å². The monoisotopic (exact) mass is 384 g/mol. The van der Waals surface area contributed by atoms with E-state index in [1.807, 2.05) is 41.3 Å². The van der Waals surface area contributed by atoms with E-state index in [0.717, 1.165) is 10.9 Å². The Balaban J connectivity index is 1.42. The number of benzene rings is 1. The molecule has 0 spiro atoms. The fourth-order valence-electron chi connectivity index (χ4n) is 2.73. The van der Waals surface area contributed by atoms with E-state index in [2.05, 4.69) is 16.2 Å². The van der Waals surface area contributed by atoms with Gasteiger partial charge < -0.3 is 9.88 Å². The molecule has 0 aliphatic rings. The number of hydrogen-bond acceptors (Lipinski definition) is 4. The van der Waals surface area contributed by atoms with Crippen molar-refractivity contribution in [2.75, 3.05) is 6.54 Å². The first-order valence-electron chi connectivity index (χ1n) is 8.50. The highest BCUT2D eigenvalue weighted by molar-refractivity contribution is 7.08. The van der Waals surface area contributed by atoms with Gasteiger partial charge >= 0.3 is 0 Å². The first kappa shape index (κ1) is 18.7. The van der Waals surface area contributed by atoms with Gasteiger partial charge in [-0.2, -0.15) is 11.3 Å². The number of nitrogens with one attached hydrogen (secondary N) is 3. The van der Waals surface area contributed by atoms with Crippen LogP contribution >= 0.6 is 11.3 Å². The minimum atomic E-state index is -0.370. The van der Waals surface area contributed by atoms with Crippen LogP contribution in [0.1, 0.15) is 33.6 Å². The van der Waals surface area contributed by atoms with Crippen molar-refractivity contribution in [3.8, 4) is 0 Å². The number of thiophene rings is 1. The van der Waals surface area contributed by atoms with Gasteiger partial charge in [0.15, 0.2) is 0 Å². The van der Waals surface area contributed by atoms with Gasteiger partial charge in [-0.25, -0.2) is 0 Å². The van der Waals surface area contributed by atoms with Crippen molar-refractivity contribution in [2.24, 2.45) is 7.05 Å². The summed E-state index contributed by atoms with van der Waals surface area (Å²) in [6.45, 7) is 0.388.